The summed E-state index contributed by atoms with van der Waals surface area (Å²) in [6.07, 6.45) is 1.63. The standard InChI is InChI=1S/C14H8Cl4N4O4/c15-7-1-2-8(21-5-7)22-11(23)9-10(20-4-3-19-9)12(22)26-13(24)25-6-14(16,17)18/h1-5,12H,6H2/t12-/m1/s1. The average molecular weight is 438 g/mol. The fourth-order valence-corrected chi connectivity index (χ4v) is 2.42. The lowest BCUT2D eigenvalue weighted by Crippen LogP contribution is -2.32. The Morgan fingerprint density at radius 3 is 2.58 bits per heavy atom. The zero-order valence-electron chi connectivity index (χ0n) is 12.6. The second-order valence-electron chi connectivity index (χ2n) is 4.92. The van der Waals surface area contributed by atoms with Crippen LogP contribution in [-0.2, 0) is 9.47 Å². The quantitative estimate of drug-likeness (QED) is 0.533. The second-order valence-corrected chi connectivity index (χ2v) is 7.88. The molecule has 26 heavy (non-hydrogen) atoms. The minimum absolute atomic E-state index is 0.0171. The molecule has 8 nitrogen and oxygen atoms in total. The summed E-state index contributed by atoms with van der Waals surface area (Å²) >= 11 is 22.4. The molecule has 0 saturated carbocycles. The summed E-state index contributed by atoms with van der Waals surface area (Å²) in [6.45, 7) is -0.538. The highest BCUT2D eigenvalue weighted by molar-refractivity contribution is 6.67. The minimum Gasteiger partial charge on any atom is -0.430 e. The molecule has 0 unspecified atom stereocenters. The number of halogens is 4. The van der Waals surface area contributed by atoms with Crippen LogP contribution in [0.25, 0.3) is 0 Å². The van der Waals surface area contributed by atoms with Gasteiger partial charge in [-0.05, 0) is 12.1 Å². The highest BCUT2D eigenvalue weighted by Crippen LogP contribution is 2.36. The topological polar surface area (TPSA) is 94.5 Å². The van der Waals surface area contributed by atoms with Crippen LogP contribution in [0.2, 0.25) is 5.02 Å². The van der Waals surface area contributed by atoms with E-state index >= 15 is 0 Å². The summed E-state index contributed by atoms with van der Waals surface area (Å²) in [7, 11) is 0. The number of amides is 1. The van der Waals surface area contributed by atoms with Crippen molar-refractivity contribution in [3.8, 4) is 0 Å². The Balaban J connectivity index is 1.89. The van der Waals surface area contributed by atoms with Gasteiger partial charge in [-0.1, -0.05) is 46.4 Å². The smallest absolute Gasteiger partial charge is 0.430 e. The van der Waals surface area contributed by atoms with Crippen LogP contribution in [0.4, 0.5) is 10.6 Å². The Kier molecular flexibility index (Phi) is 5.38. The first kappa shape index (κ1) is 18.9. The molecule has 0 aromatic carbocycles. The van der Waals surface area contributed by atoms with Crippen LogP contribution in [0.5, 0.6) is 0 Å². The van der Waals surface area contributed by atoms with Gasteiger partial charge < -0.3 is 9.47 Å². The van der Waals surface area contributed by atoms with E-state index in [1.165, 1.54) is 30.7 Å². The van der Waals surface area contributed by atoms with Gasteiger partial charge in [-0.3, -0.25) is 9.78 Å². The van der Waals surface area contributed by atoms with E-state index in [1.807, 2.05) is 0 Å². The molecule has 1 aliphatic rings. The molecule has 2 aromatic rings. The number of ether oxygens (including phenoxy) is 2. The maximum atomic E-state index is 12.6. The first-order chi connectivity index (χ1) is 12.3. The molecule has 0 radical (unpaired) electrons. The van der Waals surface area contributed by atoms with E-state index in [0.29, 0.717) is 5.02 Å². The highest BCUT2D eigenvalue weighted by atomic mass is 35.6. The van der Waals surface area contributed by atoms with Gasteiger partial charge in [0.05, 0.1) is 5.02 Å². The number of anilines is 1. The number of rotatable bonds is 3. The van der Waals surface area contributed by atoms with Crippen molar-refractivity contribution in [3.05, 3.63) is 47.1 Å². The van der Waals surface area contributed by atoms with Crippen molar-refractivity contribution in [2.75, 3.05) is 11.5 Å². The molecule has 0 N–H and O–H groups in total. The number of alkyl halides is 3. The molecule has 0 saturated heterocycles. The second kappa shape index (κ2) is 7.40. The predicted molar refractivity (Wildman–Crippen MR) is 93.6 cm³/mol. The minimum atomic E-state index is -1.81. The lowest BCUT2D eigenvalue weighted by Gasteiger charge is -2.23. The van der Waals surface area contributed by atoms with E-state index < -0.39 is 28.7 Å². The molecule has 1 atom stereocenters. The molecule has 2 aromatic heterocycles. The Morgan fingerprint density at radius 2 is 1.92 bits per heavy atom. The normalized spacial score (nSPS) is 16.4. The van der Waals surface area contributed by atoms with Crippen molar-refractivity contribution in [2.45, 2.75) is 10.0 Å². The summed E-state index contributed by atoms with van der Waals surface area (Å²) in [5, 5.41) is 0.369. The van der Waals surface area contributed by atoms with Gasteiger partial charge in [-0.15, -0.1) is 0 Å². The largest absolute Gasteiger partial charge is 0.510 e. The van der Waals surface area contributed by atoms with Crippen molar-refractivity contribution in [2.24, 2.45) is 0 Å². The van der Waals surface area contributed by atoms with Crippen LogP contribution in [0.3, 0.4) is 0 Å². The molecule has 3 heterocycles. The number of aromatic nitrogens is 3. The fraction of sp³-hybridized carbons (Fsp3) is 0.214. The average Bonchev–Trinajstić information content (AvgIpc) is 2.86. The molecule has 0 spiro atoms. The summed E-state index contributed by atoms with van der Waals surface area (Å²) in [4.78, 5) is 37.8. The van der Waals surface area contributed by atoms with E-state index in [0.717, 1.165) is 4.90 Å². The summed E-state index contributed by atoms with van der Waals surface area (Å²) in [5.41, 5.74) is 0.142. The number of carbonyl (C=O) groups excluding carboxylic acids is 2. The predicted octanol–water partition coefficient (Wildman–Crippen LogP) is 3.71. The lowest BCUT2D eigenvalue weighted by atomic mass is 10.3. The van der Waals surface area contributed by atoms with Crippen molar-refractivity contribution >= 4 is 64.3 Å². The first-order valence-electron chi connectivity index (χ1n) is 6.92. The molecule has 136 valence electrons. The molecular weight excluding hydrogens is 430 g/mol. The van der Waals surface area contributed by atoms with E-state index in [-0.39, 0.29) is 17.2 Å². The fourth-order valence-electron chi connectivity index (χ4n) is 2.15. The van der Waals surface area contributed by atoms with Gasteiger partial charge in [0.1, 0.15) is 18.1 Å². The number of nitrogens with zero attached hydrogens (tertiary/aromatic N) is 4. The van der Waals surface area contributed by atoms with Crippen LogP contribution in [0.15, 0.2) is 30.7 Å². The number of carbonyl (C=O) groups is 2. The van der Waals surface area contributed by atoms with Crippen molar-refractivity contribution < 1.29 is 19.1 Å². The van der Waals surface area contributed by atoms with E-state index in [1.54, 1.807) is 0 Å². The third-order valence-corrected chi connectivity index (χ3v) is 3.69. The zero-order chi connectivity index (χ0) is 18.9. The van der Waals surface area contributed by atoms with Crippen LogP contribution in [0, 0.1) is 0 Å². The van der Waals surface area contributed by atoms with E-state index in [9.17, 15) is 9.59 Å². The van der Waals surface area contributed by atoms with Gasteiger partial charge in [0.25, 0.3) is 5.91 Å². The Hall–Kier alpha value is -1.87. The molecule has 1 aliphatic heterocycles. The maximum absolute atomic E-state index is 12.6. The van der Waals surface area contributed by atoms with Crippen molar-refractivity contribution in [3.63, 3.8) is 0 Å². The van der Waals surface area contributed by atoms with E-state index in [2.05, 4.69) is 15.0 Å². The monoisotopic (exact) mass is 436 g/mol. The zero-order valence-corrected chi connectivity index (χ0v) is 15.6. The number of hydrogen-bond donors (Lipinski definition) is 0. The molecule has 1 amide bonds. The van der Waals surface area contributed by atoms with Gasteiger partial charge in [0.15, 0.2) is 5.69 Å². The molecule has 12 heteroatoms. The number of hydrogen-bond acceptors (Lipinski definition) is 7. The molecular formula is C14H8Cl4N4O4. The van der Waals surface area contributed by atoms with Gasteiger partial charge >= 0.3 is 6.16 Å². The van der Waals surface area contributed by atoms with Crippen LogP contribution in [-0.4, -0.2) is 37.4 Å². The molecule has 0 bridgehead atoms. The third kappa shape index (κ3) is 4.09. The van der Waals surface area contributed by atoms with Crippen LogP contribution in [0.1, 0.15) is 22.4 Å². The SMILES string of the molecule is O=C(OCC(Cl)(Cl)Cl)O[C@@H]1c2nccnc2C(=O)N1c1ccc(Cl)cn1. The van der Waals surface area contributed by atoms with Crippen LogP contribution < -0.4 is 4.90 Å². The van der Waals surface area contributed by atoms with Crippen molar-refractivity contribution in [1.29, 1.82) is 0 Å². The Bertz CT molecular complexity index is 844. The Labute approximate surface area is 166 Å². The third-order valence-electron chi connectivity index (χ3n) is 3.14. The van der Waals surface area contributed by atoms with Gasteiger partial charge in [-0.25, -0.2) is 19.7 Å². The maximum Gasteiger partial charge on any atom is 0.510 e. The highest BCUT2D eigenvalue weighted by Gasteiger charge is 2.44. The molecule has 3 rings (SSSR count). The van der Waals surface area contributed by atoms with Gasteiger partial charge in [0.2, 0.25) is 10.0 Å². The molecule has 0 aliphatic carbocycles. The van der Waals surface area contributed by atoms with Crippen LogP contribution >= 0.6 is 46.4 Å². The van der Waals surface area contributed by atoms with Crippen molar-refractivity contribution in [1.82, 2.24) is 15.0 Å². The lowest BCUT2D eigenvalue weighted by molar-refractivity contribution is 0.0240. The number of fused-ring (bicyclic) bond motifs is 1. The molecule has 0 fully saturated rings. The summed E-state index contributed by atoms with van der Waals surface area (Å²) < 4.78 is 8.12. The first-order valence-corrected chi connectivity index (χ1v) is 8.43. The van der Waals surface area contributed by atoms with E-state index in [4.69, 9.17) is 55.9 Å². The Morgan fingerprint density at radius 1 is 1.19 bits per heavy atom. The summed E-state index contributed by atoms with van der Waals surface area (Å²) in [6, 6.07) is 3.01. The van der Waals surface area contributed by atoms with Gasteiger partial charge in [-0.2, -0.15) is 0 Å². The van der Waals surface area contributed by atoms with Gasteiger partial charge in [0, 0.05) is 18.6 Å². The summed E-state index contributed by atoms with van der Waals surface area (Å²) in [5.74, 6) is -0.375. The number of pyridine rings is 1.